The van der Waals surface area contributed by atoms with Gasteiger partial charge in [0, 0.05) is 32.1 Å². The molecule has 0 atom stereocenters. The second-order valence-corrected chi connectivity index (χ2v) is 5.90. The van der Waals surface area contributed by atoms with Gasteiger partial charge in [-0.15, -0.1) is 0 Å². The van der Waals surface area contributed by atoms with Crippen LogP contribution in [0.15, 0.2) is 23.0 Å². The summed E-state index contributed by atoms with van der Waals surface area (Å²) in [7, 11) is 0. The number of likely N-dealkylation sites (tertiary alicyclic amines) is 1. The van der Waals surface area contributed by atoms with Crippen molar-refractivity contribution in [1.29, 1.82) is 0 Å². The third-order valence-electron chi connectivity index (χ3n) is 4.20. The Morgan fingerprint density at radius 1 is 1.23 bits per heavy atom. The zero-order chi connectivity index (χ0) is 15.9. The third-order valence-corrected chi connectivity index (χ3v) is 4.20. The fourth-order valence-electron chi connectivity index (χ4n) is 3.03. The smallest absolute Gasteiger partial charge is 0.257 e. The van der Waals surface area contributed by atoms with Gasteiger partial charge in [-0.2, -0.15) is 0 Å². The van der Waals surface area contributed by atoms with E-state index in [4.69, 9.17) is 4.42 Å². The molecular formula is C17H26N2O3. The number of furan rings is 1. The van der Waals surface area contributed by atoms with Gasteiger partial charge in [-0.05, 0) is 31.7 Å². The topological polar surface area (TPSA) is 53.8 Å². The lowest BCUT2D eigenvalue weighted by molar-refractivity contribution is -0.137. The van der Waals surface area contributed by atoms with Crippen LogP contribution in [0.25, 0.3) is 0 Å². The van der Waals surface area contributed by atoms with E-state index in [0.717, 1.165) is 38.8 Å². The van der Waals surface area contributed by atoms with Crippen molar-refractivity contribution in [3.05, 3.63) is 24.2 Å². The number of piperidine rings is 1. The summed E-state index contributed by atoms with van der Waals surface area (Å²) >= 11 is 0. The third kappa shape index (κ3) is 3.90. The molecule has 1 aliphatic rings. The second kappa shape index (κ2) is 8.01. The largest absolute Gasteiger partial charge is 0.472 e. The molecule has 122 valence electrons. The predicted octanol–water partition coefficient (Wildman–Crippen LogP) is 2.78. The first-order chi connectivity index (χ1) is 10.7. The number of carbonyl (C=O) groups excluding carboxylic acids is 2. The quantitative estimate of drug-likeness (QED) is 0.812. The molecule has 2 heterocycles. The summed E-state index contributed by atoms with van der Waals surface area (Å²) in [5.74, 6) is 0.323. The zero-order valence-corrected chi connectivity index (χ0v) is 13.6. The van der Waals surface area contributed by atoms with Crippen molar-refractivity contribution in [1.82, 2.24) is 9.80 Å². The van der Waals surface area contributed by atoms with Gasteiger partial charge in [0.15, 0.2) is 0 Å². The first kappa shape index (κ1) is 16.6. The summed E-state index contributed by atoms with van der Waals surface area (Å²) in [6, 6.07) is 1.68. The van der Waals surface area contributed by atoms with E-state index in [0.29, 0.717) is 18.7 Å². The number of hydrogen-bond acceptors (Lipinski definition) is 3. The number of amides is 2. The Kier molecular flexibility index (Phi) is 6.04. The molecule has 0 radical (unpaired) electrons. The van der Waals surface area contributed by atoms with E-state index >= 15 is 0 Å². The number of nitrogens with zero attached hydrogens (tertiary/aromatic N) is 2. The molecule has 0 unspecified atom stereocenters. The summed E-state index contributed by atoms with van der Waals surface area (Å²) in [6.07, 6.45) is 6.48. The van der Waals surface area contributed by atoms with E-state index in [1.807, 2.05) is 9.80 Å². The number of rotatable bonds is 6. The van der Waals surface area contributed by atoms with Crippen molar-refractivity contribution in [3.8, 4) is 0 Å². The molecule has 1 aliphatic heterocycles. The van der Waals surface area contributed by atoms with Gasteiger partial charge in [0.2, 0.25) is 5.91 Å². The summed E-state index contributed by atoms with van der Waals surface area (Å²) < 4.78 is 4.96. The molecular weight excluding hydrogens is 280 g/mol. The molecule has 2 rings (SSSR count). The molecule has 0 bridgehead atoms. The molecule has 0 aromatic carbocycles. The van der Waals surface area contributed by atoms with Crippen molar-refractivity contribution in [2.24, 2.45) is 5.92 Å². The maximum atomic E-state index is 12.6. The van der Waals surface area contributed by atoms with Crippen LogP contribution in [0.3, 0.4) is 0 Å². The van der Waals surface area contributed by atoms with Gasteiger partial charge in [0.25, 0.3) is 5.91 Å². The van der Waals surface area contributed by atoms with Crippen LogP contribution in [0.4, 0.5) is 0 Å². The van der Waals surface area contributed by atoms with Gasteiger partial charge in [-0.3, -0.25) is 9.59 Å². The minimum Gasteiger partial charge on any atom is -0.472 e. The first-order valence-corrected chi connectivity index (χ1v) is 8.27. The Bertz CT molecular complexity index is 470. The molecule has 5 heteroatoms. The fraction of sp³-hybridized carbons (Fsp3) is 0.647. The lowest BCUT2D eigenvalue weighted by Gasteiger charge is -2.34. The van der Waals surface area contributed by atoms with Gasteiger partial charge < -0.3 is 14.2 Å². The predicted molar refractivity (Wildman–Crippen MR) is 84.5 cm³/mol. The highest BCUT2D eigenvalue weighted by Crippen LogP contribution is 2.21. The maximum Gasteiger partial charge on any atom is 0.257 e. The Morgan fingerprint density at radius 2 is 1.86 bits per heavy atom. The van der Waals surface area contributed by atoms with Crippen molar-refractivity contribution >= 4 is 11.8 Å². The molecule has 1 aromatic heterocycles. The van der Waals surface area contributed by atoms with Gasteiger partial charge in [-0.1, -0.05) is 13.8 Å². The molecule has 5 nitrogen and oxygen atoms in total. The molecule has 2 amide bonds. The van der Waals surface area contributed by atoms with E-state index in [-0.39, 0.29) is 17.7 Å². The zero-order valence-electron chi connectivity index (χ0n) is 13.6. The standard InChI is InChI=1S/C17H26N2O3/c1-3-8-18(9-4-2)16(20)14-5-10-19(11-6-14)17(21)15-7-12-22-13-15/h7,12-14H,3-6,8-11H2,1-2H3. The van der Waals surface area contributed by atoms with Gasteiger partial charge in [-0.25, -0.2) is 0 Å². The Labute approximate surface area is 132 Å². The van der Waals surface area contributed by atoms with E-state index in [9.17, 15) is 9.59 Å². The molecule has 0 aliphatic carbocycles. The van der Waals surface area contributed by atoms with Crippen LogP contribution < -0.4 is 0 Å². The molecule has 1 aromatic rings. The van der Waals surface area contributed by atoms with Crippen LogP contribution in [0.5, 0.6) is 0 Å². The van der Waals surface area contributed by atoms with Crippen LogP contribution in [0, 0.1) is 5.92 Å². The highest BCUT2D eigenvalue weighted by atomic mass is 16.3. The molecule has 0 N–H and O–H groups in total. The average Bonchev–Trinajstić information content (AvgIpc) is 3.08. The van der Waals surface area contributed by atoms with Crippen molar-refractivity contribution in [2.75, 3.05) is 26.2 Å². The number of hydrogen-bond donors (Lipinski definition) is 0. The van der Waals surface area contributed by atoms with E-state index in [1.165, 1.54) is 12.5 Å². The van der Waals surface area contributed by atoms with E-state index in [1.54, 1.807) is 6.07 Å². The van der Waals surface area contributed by atoms with Crippen LogP contribution in [-0.2, 0) is 4.79 Å². The van der Waals surface area contributed by atoms with Crippen LogP contribution in [0.1, 0.15) is 49.9 Å². The molecule has 1 fully saturated rings. The van der Waals surface area contributed by atoms with E-state index < -0.39 is 0 Å². The lowest BCUT2D eigenvalue weighted by atomic mass is 9.94. The molecule has 0 spiro atoms. The van der Waals surface area contributed by atoms with Crippen LogP contribution >= 0.6 is 0 Å². The Balaban J connectivity index is 1.88. The van der Waals surface area contributed by atoms with E-state index in [2.05, 4.69) is 13.8 Å². The van der Waals surface area contributed by atoms with Gasteiger partial charge >= 0.3 is 0 Å². The Morgan fingerprint density at radius 3 is 2.36 bits per heavy atom. The Hall–Kier alpha value is -1.78. The SMILES string of the molecule is CCCN(CCC)C(=O)C1CCN(C(=O)c2ccoc2)CC1. The van der Waals surface area contributed by atoms with Crippen molar-refractivity contribution < 1.29 is 14.0 Å². The van der Waals surface area contributed by atoms with Gasteiger partial charge in [0.05, 0.1) is 11.8 Å². The highest BCUT2D eigenvalue weighted by Gasteiger charge is 2.30. The van der Waals surface area contributed by atoms with Gasteiger partial charge in [0.1, 0.15) is 6.26 Å². The summed E-state index contributed by atoms with van der Waals surface area (Å²) in [5, 5.41) is 0. The fourth-order valence-corrected chi connectivity index (χ4v) is 3.03. The summed E-state index contributed by atoms with van der Waals surface area (Å²) in [5.41, 5.74) is 0.586. The second-order valence-electron chi connectivity index (χ2n) is 5.90. The monoisotopic (exact) mass is 306 g/mol. The minimum atomic E-state index is -0.00128. The first-order valence-electron chi connectivity index (χ1n) is 8.27. The maximum absolute atomic E-state index is 12.6. The normalized spacial score (nSPS) is 15.8. The molecule has 0 saturated carbocycles. The number of carbonyl (C=O) groups is 2. The minimum absolute atomic E-state index is 0.00128. The molecule has 1 saturated heterocycles. The average molecular weight is 306 g/mol. The van der Waals surface area contributed by atoms with Crippen LogP contribution in [0.2, 0.25) is 0 Å². The van der Waals surface area contributed by atoms with Crippen LogP contribution in [-0.4, -0.2) is 47.8 Å². The summed E-state index contributed by atoms with van der Waals surface area (Å²) in [4.78, 5) is 28.6. The lowest BCUT2D eigenvalue weighted by Crippen LogP contribution is -2.44. The summed E-state index contributed by atoms with van der Waals surface area (Å²) in [6.45, 7) is 7.16. The molecule has 22 heavy (non-hydrogen) atoms. The van der Waals surface area contributed by atoms with Crippen molar-refractivity contribution in [3.63, 3.8) is 0 Å². The van der Waals surface area contributed by atoms with Crippen molar-refractivity contribution in [2.45, 2.75) is 39.5 Å². The highest BCUT2D eigenvalue weighted by molar-refractivity contribution is 5.94.